The summed E-state index contributed by atoms with van der Waals surface area (Å²) in [5, 5.41) is 0. The molecular weight excluding hydrogens is 264 g/mol. The van der Waals surface area contributed by atoms with Crippen molar-refractivity contribution < 1.29 is 14.3 Å². The van der Waals surface area contributed by atoms with E-state index in [0.29, 0.717) is 17.9 Å². The number of ether oxygens (including phenoxy) is 2. The van der Waals surface area contributed by atoms with E-state index in [2.05, 4.69) is 18.2 Å². The third-order valence-electron chi connectivity index (χ3n) is 4.00. The Balaban J connectivity index is 1.95. The summed E-state index contributed by atoms with van der Waals surface area (Å²) >= 11 is 0. The molecule has 3 heteroatoms. The van der Waals surface area contributed by atoms with Gasteiger partial charge in [0.25, 0.3) is 0 Å². The fraction of sp³-hybridized carbons (Fsp3) is 0.167. The number of carbonyl (C=O) groups is 1. The van der Waals surface area contributed by atoms with Gasteiger partial charge < -0.3 is 9.47 Å². The summed E-state index contributed by atoms with van der Waals surface area (Å²) in [5.74, 6) is 1.53. The molecule has 0 saturated heterocycles. The van der Waals surface area contributed by atoms with Crippen LogP contribution in [0.15, 0.2) is 42.5 Å². The molecular formula is C18H14O3. The van der Waals surface area contributed by atoms with Crippen LogP contribution in [0.1, 0.15) is 27.0 Å². The summed E-state index contributed by atoms with van der Waals surface area (Å²) in [6.45, 7) is 2.61. The molecule has 0 aliphatic carbocycles. The van der Waals surface area contributed by atoms with Crippen LogP contribution in [0.5, 0.6) is 11.5 Å². The minimum Gasteiger partial charge on any atom is -0.488 e. The van der Waals surface area contributed by atoms with Gasteiger partial charge in [0.1, 0.15) is 18.1 Å². The first-order valence-corrected chi connectivity index (χ1v) is 6.98. The van der Waals surface area contributed by atoms with Crippen molar-refractivity contribution in [2.45, 2.75) is 6.92 Å². The Morgan fingerprint density at radius 3 is 2.57 bits per heavy atom. The fourth-order valence-electron chi connectivity index (χ4n) is 2.99. The monoisotopic (exact) mass is 278 g/mol. The van der Waals surface area contributed by atoms with Crippen LogP contribution < -0.4 is 9.47 Å². The van der Waals surface area contributed by atoms with Crippen molar-refractivity contribution >= 4 is 11.4 Å². The van der Waals surface area contributed by atoms with E-state index in [1.165, 1.54) is 0 Å². The Morgan fingerprint density at radius 1 is 1.00 bits per heavy atom. The van der Waals surface area contributed by atoms with Gasteiger partial charge in [-0.1, -0.05) is 30.3 Å². The maximum atomic E-state index is 12.0. The predicted molar refractivity (Wildman–Crippen MR) is 80.0 cm³/mol. The molecule has 4 rings (SSSR count). The Labute approximate surface area is 122 Å². The van der Waals surface area contributed by atoms with E-state index < -0.39 is 0 Å². The highest BCUT2D eigenvalue weighted by Crippen LogP contribution is 2.44. The average Bonchev–Trinajstić information content (AvgIpc) is 2.90. The summed E-state index contributed by atoms with van der Waals surface area (Å²) in [6, 6.07) is 12.1. The van der Waals surface area contributed by atoms with E-state index in [9.17, 15) is 4.79 Å². The SMILES string of the molecule is Cc1c2c(cc3c1OCC=C3c1ccccc1)C(=O)CO2. The number of Topliss-reactive ketones (excluding diaryl/α,β-unsaturated/α-hetero) is 1. The highest BCUT2D eigenvalue weighted by molar-refractivity contribution is 6.04. The maximum Gasteiger partial charge on any atom is 0.203 e. The van der Waals surface area contributed by atoms with Crippen molar-refractivity contribution in [1.29, 1.82) is 0 Å². The zero-order valence-electron chi connectivity index (χ0n) is 11.7. The van der Waals surface area contributed by atoms with Crippen molar-refractivity contribution in [2.24, 2.45) is 0 Å². The molecule has 0 aromatic heterocycles. The van der Waals surface area contributed by atoms with E-state index in [0.717, 1.165) is 28.0 Å². The minimum atomic E-state index is 0.0360. The first kappa shape index (κ1) is 12.2. The average molecular weight is 278 g/mol. The summed E-state index contributed by atoms with van der Waals surface area (Å²) in [5.41, 5.74) is 4.80. The van der Waals surface area contributed by atoms with Crippen molar-refractivity contribution in [3.63, 3.8) is 0 Å². The molecule has 3 nitrogen and oxygen atoms in total. The van der Waals surface area contributed by atoms with Crippen LogP contribution in [0.4, 0.5) is 0 Å². The summed E-state index contributed by atoms with van der Waals surface area (Å²) in [6.07, 6.45) is 2.06. The number of fused-ring (bicyclic) bond motifs is 2. The summed E-state index contributed by atoms with van der Waals surface area (Å²) in [7, 11) is 0. The predicted octanol–water partition coefficient (Wildman–Crippen LogP) is 3.39. The molecule has 0 saturated carbocycles. The Morgan fingerprint density at radius 2 is 1.76 bits per heavy atom. The van der Waals surface area contributed by atoms with Crippen LogP contribution in [0.2, 0.25) is 0 Å². The van der Waals surface area contributed by atoms with Gasteiger partial charge in [0, 0.05) is 11.1 Å². The number of hydrogen-bond donors (Lipinski definition) is 0. The van der Waals surface area contributed by atoms with Gasteiger partial charge in [0.2, 0.25) is 5.78 Å². The fourth-order valence-corrected chi connectivity index (χ4v) is 2.99. The summed E-state index contributed by atoms with van der Waals surface area (Å²) in [4.78, 5) is 12.0. The lowest BCUT2D eigenvalue weighted by Crippen LogP contribution is -2.08. The zero-order chi connectivity index (χ0) is 14.4. The molecule has 2 heterocycles. The lowest BCUT2D eigenvalue weighted by Gasteiger charge is -2.22. The molecule has 0 atom stereocenters. The highest BCUT2D eigenvalue weighted by Gasteiger charge is 2.29. The van der Waals surface area contributed by atoms with Gasteiger partial charge in [-0.3, -0.25) is 4.79 Å². The number of benzene rings is 2. The molecule has 0 unspecified atom stereocenters. The second-order valence-electron chi connectivity index (χ2n) is 5.26. The Kier molecular flexibility index (Phi) is 2.61. The zero-order valence-corrected chi connectivity index (χ0v) is 11.7. The Hall–Kier alpha value is -2.55. The van der Waals surface area contributed by atoms with E-state index in [1.54, 1.807) is 0 Å². The molecule has 2 aliphatic rings. The van der Waals surface area contributed by atoms with Crippen molar-refractivity contribution in [3.8, 4) is 11.5 Å². The normalized spacial score (nSPS) is 15.7. The van der Waals surface area contributed by atoms with Crippen LogP contribution in [0.25, 0.3) is 5.57 Å². The second kappa shape index (κ2) is 4.48. The highest BCUT2D eigenvalue weighted by atomic mass is 16.5. The lowest BCUT2D eigenvalue weighted by atomic mass is 9.91. The van der Waals surface area contributed by atoms with E-state index in [4.69, 9.17) is 9.47 Å². The largest absolute Gasteiger partial charge is 0.488 e. The third-order valence-corrected chi connectivity index (χ3v) is 4.00. The van der Waals surface area contributed by atoms with Crippen molar-refractivity contribution in [2.75, 3.05) is 13.2 Å². The van der Waals surface area contributed by atoms with Crippen LogP contribution in [-0.4, -0.2) is 19.0 Å². The van der Waals surface area contributed by atoms with Crippen molar-refractivity contribution in [1.82, 2.24) is 0 Å². The quantitative estimate of drug-likeness (QED) is 0.802. The molecule has 2 aromatic carbocycles. The molecule has 0 bridgehead atoms. The molecule has 0 N–H and O–H groups in total. The van der Waals surface area contributed by atoms with Crippen molar-refractivity contribution in [3.05, 3.63) is 64.7 Å². The first-order chi connectivity index (χ1) is 10.3. The molecule has 21 heavy (non-hydrogen) atoms. The number of carbonyl (C=O) groups excluding carboxylic acids is 1. The molecule has 2 aromatic rings. The molecule has 0 spiro atoms. The number of hydrogen-bond acceptors (Lipinski definition) is 3. The molecule has 0 amide bonds. The van der Waals surface area contributed by atoms with E-state index in [-0.39, 0.29) is 12.4 Å². The standard InChI is InChI=1S/C18H14O3/c1-11-17-14(9-15-16(19)10-21-18(11)15)13(7-8-20-17)12-5-3-2-4-6-12/h2-7,9H,8,10H2,1H3. The van der Waals surface area contributed by atoms with Crippen LogP contribution in [-0.2, 0) is 0 Å². The van der Waals surface area contributed by atoms with Gasteiger partial charge in [-0.15, -0.1) is 0 Å². The van der Waals surface area contributed by atoms with Crippen LogP contribution >= 0.6 is 0 Å². The van der Waals surface area contributed by atoms with Gasteiger partial charge in [0.15, 0.2) is 6.61 Å². The lowest BCUT2D eigenvalue weighted by molar-refractivity contribution is 0.0961. The smallest absolute Gasteiger partial charge is 0.203 e. The second-order valence-corrected chi connectivity index (χ2v) is 5.26. The van der Waals surface area contributed by atoms with Crippen LogP contribution in [0.3, 0.4) is 0 Å². The molecule has 2 aliphatic heterocycles. The van der Waals surface area contributed by atoms with Gasteiger partial charge >= 0.3 is 0 Å². The van der Waals surface area contributed by atoms with Gasteiger partial charge in [-0.25, -0.2) is 0 Å². The molecule has 0 fully saturated rings. The number of rotatable bonds is 1. The topological polar surface area (TPSA) is 35.5 Å². The van der Waals surface area contributed by atoms with Gasteiger partial charge in [-0.05, 0) is 30.2 Å². The third kappa shape index (κ3) is 1.77. The van der Waals surface area contributed by atoms with Gasteiger partial charge in [-0.2, -0.15) is 0 Å². The maximum absolute atomic E-state index is 12.0. The Bertz CT molecular complexity index is 773. The van der Waals surface area contributed by atoms with Crippen LogP contribution in [0, 0.1) is 6.92 Å². The molecule has 104 valence electrons. The van der Waals surface area contributed by atoms with E-state index in [1.807, 2.05) is 31.2 Å². The number of ketones is 1. The van der Waals surface area contributed by atoms with Gasteiger partial charge in [0.05, 0.1) is 5.56 Å². The molecule has 0 radical (unpaired) electrons. The summed E-state index contributed by atoms with van der Waals surface area (Å²) < 4.78 is 11.3. The first-order valence-electron chi connectivity index (χ1n) is 6.98. The van der Waals surface area contributed by atoms with E-state index >= 15 is 0 Å². The minimum absolute atomic E-state index is 0.0360.